The number of hydrogen-bond donors (Lipinski definition) is 0. The number of esters is 1. The Balaban J connectivity index is 2.06. The van der Waals surface area contributed by atoms with Crippen molar-refractivity contribution in [3.8, 4) is 0 Å². The molecular weight excluding hydrogens is 386 g/mol. The molecule has 0 bridgehead atoms. The number of amides is 1. The second kappa shape index (κ2) is 7.89. The Bertz CT molecular complexity index is 645. The molecule has 0 aromatic heterocycles. The molecule has 1 aliphatic heterocycles. The van der Waals surface area contributed by atoms with E-state index >= 15 is 0 Å². The molecule has 1 heterocycles. The van der Waals surface area contributed by atoms with E-state index in [0.29, 0.717) is 15.8 Å². The Morgan fingerprint density at radius 3 is 2.95 bits per heavy atom. The van der Waals surface area contributed by atoms with Crippen LogP contribution in [0.1, 0.15) is 18.9 Å². The van der Waals surface area contributed by atoms with Crippen molar-refractivity contribution in [3.63, 3.8) is 0 Å². The van der Waals surface area contributed by atoms with Gasteiger partial charge in [0, 0.05) is 11.0 Å². The minimum absolute atomic E-state index is 0.143. The van der Waals surface area contributed by atoms with Crippen LogP contribution in [-0.4, -0.2) is 34.2 Å². The fraction of sp³-hybridized carbons (Fsp3) is 0.267. The molecule has 0 saturated carbocycles. The Morgan fingerprint density at radius 2 is 2.27 bits per heavy atom. The average Bonchev–Trinajstić information content (AvgIpc) is 2.72. The Labute approximate surface area is 147 Å². The van der Waals surface area contributed by atoms with Gasteiger partial charge in [0.2, 0.25) is 0 Å². The van der Waals surface area contributed by atoms with E-state index in [2.05, 4.69) is 15.9 Å². The molecule has 0 aliphatic carbocycles. The van der Waals surface area contributed by atoms with Crippen LogP contribution >= 0.6 is 39.9 Å². The van der Waals surface area contributed by atoms with E-state index in [1.807, 2.05) is 24.3 Å². The fourth-order valence-electron chi connectivity index (χ4n) is 1.88. The zero-order valence-corrected chi connectivity index (χ0v) is 15.1. The highest BCUT2D eigenvalue weighted by Crippen LogP contribution is 2.32. The highest BCUT2D eigenvalue weighted by molar-refractivity contribution is 9.10. The molecule has 1 fully saturated rings. The number of hydrogen-bond acceptors (Lipinski definition) is 5. The van der Waals surface area contributed by atoms with Gasteiger partial charge in [-0.25, -0.2) is 0 Å². The number of thioether (sulfide) groups is 1. The summed E-state index contributed by atoms with van der Waals surface area (Å²) in [7, 11) is 0. The van der Waals surface area contributed by atoms with Crippen molar-refractivity contribution in [1.29, 1.82) is 0 Å². The third-order valence-electron chi connectivity index (χ3n) is 2.86. The summed E-state index contributed by atoms with van der Waals surface area (Å²) in [6, 6.07) is 7.65. The maximum Gasteiger partial charge on any atom is 0.307 e. The summed E-state index contributed by atoms with van der Waals surface area (Å²) >= 11 is 9.87. The zero-order valence-electron chi connectivity index (χ0n) is 11.9. The van der Waals surface area contributed by atoms with E-state index in [9.17, 15) is 9.59 Å². The summed E-state index contributed by atoms with van der Waals surface area (Å²) in [5, 5.41) is 0. The third-order valence-corrected chi connectivity index (χ3v) is 4.74. The minimum Gasteiger partial charge on any atom is -0.466 e. The molecule has 22 heavy (non-hydrogen) atoms. The van der Waals surface area contributed by atoms with Crippen LogP contribution < -0.4 is 0 Å². The van der Waals surface area contributed by atoms with Crippen molar-refractivity contribution in [3.05, 3.63) is 39.2 Å². The van der Waals surface area contributed by atoms with Crippen molar-refractivity contribution < 1.29 is 14.3 Å². The summed E-state index contributed by atoms with van der Waals surface area (Å²) in [6.07, 6.45) is 1.94. The first-order valence-electron chi connectivity index (χ1n) is 6.68. The van der Waals surface area contributed by atoms with Gasteiger partial charge in [0.1, 0.15) is 4.32 Å². The fourth-order valence-corrected chi connectivity index (χ4v) is 3.60. The normalized spacial score (nSPS) is 16.5. The average molecular weight is 400 g/mol. The van der Waals surface area contributed by atoms with E-state index < -0.39 is 0 Å². The second-order valence-corrected chi connectivity index (χ2v) is 7.03. The third kappa shape index (κ3) is 4.41. The van der Waals surface area contributed by atoms with Crippen LogP contribution in [0.25, 0.3) is 6.08 Å². The van der Waals surface area contributed by atoms with Crippen LogP contribution in [0.2, 0.25) is 0 Å². The van der Waals surface area contributed by atoms with Gasteiger partial charge < -0.3 is 4.74 Å². The van der Waals surface area contributed by atoms with Gasteiger partial charge in [-0.1, -0.05) is 52.0 Å². The van der Waals surface area contributed by atoms with Gasteiger partial charge in [0.25, 0.3) is 5.91 Å². The molecule has 0 spiro atoms. The van der Waals surface area contributed by atoms with Crippen molar-refractivity contribution in [2.75, 3.05) is 13.2 Å². The highest BCUT2D eigenvalue weighted by Gasteiger charge is 2.32. The lowest BCUT2D eigenvalue weighted by Crippen LogP contribution is -2.30. The minimum atomic E-state index is -0.326. The Hall–Kier alpha value is -1.18. The molecule has 1 saturated heterocycles. The maximum absolute atomic E-state index is 12.4. The number of rotatable bonds is 5. The molecule has 0 N–H and O–H groups in total. The largest absolute Gasteiger partial charge is 0.466 e. The van der Waals surface area contributed by atoms with Crippen LogP contribution in [0.5, 0.6) is 0 Å². The number of carbonyl (C=O) groups excluding carboxylic acids is 2. The zero-order chi connectivity index (χ0) is 16.1. The Morgan fingerprint density at radius 1 is 1.50 bits per heavy atom. The molecule has 2 rings (SSSR count). The summed E-state index contributed by atoms with van der Waals surface area (Å²) in [5.41, 5.74) is 0.917. The smallest absolute Gasteiger partial charge is 0.307 e. The van der Waals surface area contributed by atoms with Crippen LogP contribution in [0.3, 0.4) is 0 Å². The maximum atomic E-state index is 12.4. The first-order valence-corrected chi connectivity index (χ1v) is 8.69. The van der Waals surface area contributed by atoms with Crippen molar-refractivity contribution in [1.82, 2.24) is 4.90 Å². The number of ether oxygens (including phenoxy) is 1. The van der Waals surface area contributed by atoms with Crippen molar-refractivity contribution in [2.24, 2.45) is 0 Å². The molecule has 116 valence electrons. The molecule has 1 aromatic rings. The molecular formula is C15H14BrNO3S2. The van der Waals surface area contributed by atoms with E-state index in [1.54, 1.807) is 13.0 Å². The summed E-state index contributed by atoms with van der Waals surface area (Å²) in [6.45, 7) is 2.33. The number of benzene rings is 1. The van der Waals surface area contributed by atoms with Crippen LogP contribution in [-0.2, 0) is 14.3 Å². The molecule has 1 amide bonds. The number of nitrogens with zero attached hydrogens (tertiary/aromatic N) is 1. The van der Waals surface area contributed by atoms with E-state index in [1.165, 1.54) is 16.7 Å². The van der Waals surface area contributed by atoms with Gasteiger partial charge in [0.05, 0.1) is 17.9 Å². The van der Waals surface area contributed by atoms with Crippen LogP contribution in [0.4, 0.5) is 0 Å². The summed E-state index contributed by atoms with van der Waals surface area (Å²) in [5.74, 6) is -0.494. The molecule has 4 nitrogen and oxygen atoms in total. The number of halogens is 1. The monoisotopic (exact) mass is 399 g/mol. The predicted octanol–water partition coefficient (Wildman–Crippen LogP) is 3.60. The summed E-state index contributed by atoms with van der Waals surface area (Å²) < 4.78 is 6.27. The lowest BCUT2D eigenvalue weighted by Gasteiger charge is -2.13. The van der Waals surface area contributed by atoms with Gasteiger partial charge in [-0.3, -0.25) is 14.5 Å². The molecule has 1 aliphatic rings. The van der Waals surface area contributed by atoms with Gasteiger partial charge in [-0.2, -0.15) is 0 Å². The van der Waals surface area contributed by atoms with E-state index in [0.717, 1.165) is 10.0 Å². The van der Waals surface area contributed by atoms with Gasteiger partial charge >= 0.3 is 5.97 Å². The van der Waals surface area contributed by atoms with E-state index in [-0.39, 0.29) is 24.8 Å². The summed E-state index contributed by atoms with van der Waals surface area (Å²) in [4.78, 5) is 25.8. The standard InChI is InChI=1S/C15H14BrNO3S2/c1-2-20-13(18)6-7-17-14(19)12(22-15(17)21)9-10-4-3-5-11(16)8-10/h3-5,8-9H,2,6-7H2,1H3/b12-9-. The lowest BCUT2D eigenvalue weighted by molar-refractivity contribution is -0.143. The van der Waals surface area contributed by atoms with Gasteiger partial charge in [-0.05, 0) is 30.7 Å². The topological polar surface area (TPSA) is 46.6 Å². The first-order chi connectivity index (χ1) is 10.5. The van der Waals surface area contributed by atoms with Gasteiger partial charge in [-0.15, -0.1) is 0 Å². The predicted molar refractivity (Wildman–Crippen MR) is 95.3 cm³/mol. The van der Waals surface area contributed by atoms with E-state index in [4.69, 9.17) is 17.0 Å². The SMILES string of the molecule is CCOC(=O)CCN1C(=O)/C(=C/c2cccc(Br)c2)SC1=S. The van der Waals surface area contributed by atoms with Crippen LogP contribution in [0.15, 0.2) is 33.6 Å². The van der Waals surface area contributed by atoms with Crippen molar-refractivity contribution in [2.45, 2.75) is 13.3 Å². The Kier molecular flexibility index (Phi) is 6.16. The van der Waals surface area contributed by atoms with Gasteiger partial charge in [0.15, 0.2) is 0 Å². The highest BCUT2D eigenvalue weighted by atomic mass is 79.9. The molecule has 7 heteroatoms. The molecule has 0 atom stereocenters. The van der Waals surface area contributed by atoms with Crippen molar-refractivity contribution >= 4 is 62.2 Å². The molecule has 1 aromatic carbocycles. The molecule has 0 unspecified atom stereocenters. The second-order valence-electron chi connectivity index (χ2n) is 4.44. The number of thiocarbonyl (C=S) groups is 1. The lowest BCUT2D eigenvalue weighted by atomic mass is 10.2. The van der Waals surface area contributed by atoms with Crippen LogP contribution in [0, 0.1) is 0 Å². The molecule has 0 radical (unpaired) electrons. The number of carbonyl (C=O) groups is 2. The first kappa shape index (κ1) is 17.2. The quantitative estimate of drug-likeness (QED) is 0.429.